The summed E-state index contributed by atoms with van der Waals surface area (Å²) in [5.41, 5.74) is 4.51. The van der Waals surface area contributed by atoms with E-state index < -0.39 is 0 Å². The van der Waals surface area contributed by atoms with Crippen LogP contribution in [0.5, 0.6) is 11.5 Å². The van der Waals surface area contributed by atoms with E-state index in [4.69, 9.17) is 9.47 Å². The molecule has 0 radical (unpaired) electrons. The molecule has 0 unspecified atom stereocenters. The molecule has 1 saturated heterocycles. The van der Waals surface area contributed by atoms with Crippen molar-refractivity contribution in [3.63, 3.8) is 0 Å². The van der Waals surface area contributed by atoms with Crippen LogP contribution < -0.4 is 14.8 Å². The van der Waals surface area contributed by atoms with Gasteiger partial charge in [0, 0.05) is 9.26 Å². The predicted molar refractivity (Wildman–Crippen MR) is 158 cm³/mol. The van der Waals surface area contributed by atoms with Gasteiger partial charge in [-0.1, -0.05) is 24.3 Å². The summed E-state index contributed by atoms with van der Waals surface area (Å²) in [7, 11) is 0. The number of benzene rings is 3. The Labute approximate surface area is 239 Å². The number of carbonyl (C=O) groups is 3. The summed E-state index contributed by atoms with van der Waals surface area (Å²) in [4.78, 5) is 39.5. The highest BCUT2D eigenvalue weighted by atomic mass is 127. The number of ether oxygens (including phenoxy) is 2. The summed E-state index contributed by atoms with van der Waals surface area (Å²) >= 11 is 3.12. The van der Waals surface area contributed by atoms with Crippen molar-refractivity contribution < 1.29 is 23.9 Å². The maximum absolute atomic E-state index is 13.0. The van der Waals surface area contributed by atoms with E-state index in [9.17, 15) is 14.4 Å². The number of hydrogen-bond donors (Lipinski definition) is 1. The zero-order valence-electron chi connectivity index (χ0n) is 21.2. The summed E-state index contributed by atoms with van der Waals surface area (Å²) in [5.74, 6) is 0.228. The Hall–Kier alpha value is -3.31. The van der Waals surface area contributed by atoms with Gasteiger partial charge in [0.2, 0.25) is 0 Å². The summed E-state index contributed by atoms with van der Waals surface area (Å²) in [6.45, 7) is 6.27. The van der Waals surface area contributed by atoms with Crippen LogP contribution >= 0.6 is 34.4 Å². The van der Waals surface area contributed by atoms with Gasteiger partial charge in [-0.25, -0.2) is 0 Å². The molecule has 3 aromatic carbocycles. The molecule has 0 aromatic heterocycles. The minimum atomic E-state index is -0.333. The highest BCUT2D eigenvalue weighted by Crippen LogP contribution is 2.35. The Morgan fingerprint density at radius 3 is 2.45 bits per heavy atom. The van der Waals surface area contributed by atoms with Gasteiger partial charge < -0.3 is 14.8 Å². The first-order chi connectivity index (χ1) is 18.2. The molecule has 38 heavy (non-hydrogen) atoms. The van der Waals surface area contributed by atoms with E-state index in [1.807, 2.05) is 63.2 Å². The first kappa shape index (κ1) is 27.7. The van der Waals surface area contributed by atoms with Crippen molar-refractivity contribution in [3.8, 4) is 11.5 Å². The zero-order valence-corrected chi connectivity index (χ0v) is 24.2. The summed E-state index contributed by atoms with van der Waals surface area (Å²) in [6.07, 6.45) is 1.66. The van der Waals surface area contributed by atoms with Gasteiger partial charge in [-0.2, -0.15) is 0 Å². The number of amides is 3. The molecule has 7 nitrogen and oxygen atoms in total. The predicted octanol–water partition coefficient (Wildman–Crippen LogP) is 6.56. The fourth-order valence-electron chi connectivity index (χ4n) is 3.72. The lowest BCUT2D eigenvalue weighted by molar-refractivity contribution is -0.123. The number of anilines is 1. The summed E-state index contributed by atoms with van der Waals surface area (Å²) < 4.78 is 12.5. The van der Waals surface area contributed by atoms with Crippen molar-refractivity contribution in [2.75, 3.05) is 18.5 Å². The van der Waals surface area contributed by atoms with Crippen LogP contribution in [-0.4, -0.2) is 35.2 Å². The number of halogens is 1. The normalized spacial score (nSPS) is 14.2. The maximum atomic E-state index is 13.0. The molecule has 3 aromatic rings. The van der Waals surface area contributed by atoms with Crippen LogP contribution in [0.4, 0.5) is 10.5 Å². The van der Waals surface area contributed by atoms with Crippen molar-refractivity contribution >= 4 is 63.2 Å². The molecule has 3 amide bonds. The standard InChI is InChI=1S/C29H27IN2O5S/c1-4-36-25-14-21(8-12-24(25)37-17-27(33)31-23-11-5-18(2)19(3)13-23)15-26-28(34)32(29(35)38-26)16-20-6-9-22(30)10-7-20/h5-15H,4,16-17H2,1-3H3,(H,31,33)/b26-15+. The molecule has 4 rings (SSSR count). The minimum Gasteiger partial charge on any atom is -0.490 e. The maximum Gasteiger partial charge on any atom is 0.293 e. The van der Waals surface area contributed by atoms with E-state index >= 15 is 0 Å². The number of hydrogen-bond acceptors (Lipinski definition) is 6. The number of nitrogens with one attached hydrogen (secondary N) is 1. The number of thioether (sulfide) groups is 1. The highest BCUT2D eigenvalue weighted by molar-refractivity contribution is 14.1. The monoisotopic (exact) mass is 642 g/mol. The van der Waals surface area contributed by atoms with Crippen molar-refractivity contribution in [1.82, 2.24) is 4.90 Å². The molecule has 1 heterocycles. The molecule has 196 valence electrons. The Kier molecular flexibility index (Phi) is 9.11. The van der Waals surface area contributed by atoms with Gasteiger partial charge in [0.05, 0.1) is 18.1 Å². The quantitative estimate of drug-likeness (QED) is 0.210. The topological polar surface area (TPSA) is 84.9 Å². The second kappa shape index (κ2) is 12.5. The third-order valence-electron chi connectivity index (χ3n) is 5.84. The average Bonchev–Trinajstić information content (AvgIpc) is 3.14. The Morgan fingerprint density at radius 1 is 0.974 bits per heavy atom. The number of rotatable bonds is 9. The highest BCUT2D eigenvalue weighted by Gasteiger charge is 2.35. The van der Waals surface area contributed by atoms with Crippen LogP contribution in [-0.2, 0) is 16.1 Å². The van der Waals surface area contributed by atoms with Gasteiger partial charge in [0.15, 0.2) is 18.1 Å². The minimum absolute atomic E-state index is 0.191. The van der Waals surface area contributed by atoms with Crippen LogP contribution in [0.3, 0.4) is 0 Å². The first-order valence-electron chi connectivity index (χ1n) is 12.0. The zero-order chi connectivity index (χ0) is 27.2. The van der Waals surface area contributed by atoms with Gasteiger partial charge in [-0.05, 0) is 120 Å². The molecule has 0 saturated carbocycles. The molecule has 0 aliphatic carbocycles. The van der Waals surface area contributed by atoms with Crippen molar-refractivity contribution in [1.29, 1.82) is 0 Å². The lowest BCUT2D eigenvalue weighted by Gasteiger charge is -2.13. The van der Waals surface area contributed by atoms with Crippen molar-refractivity contribution in [2.45, 2.75) is 27.3 Å². The smallest absolute Gasteiger partial charge is 0.293 e. The van der Waals surface area contributed by atoms with Crippen LogP contribution in [0.2, 0.25) is 0 Å². The van der Waals surface area contributed by atoms with Gasteiger partial charge in [0.25, 0.3) is 17.1 Å². The van der Waals surface area contributed by atoms with E-state index in [1.165, 1.54) is 4.90 Å². The fraction of sp³-hybridized carbons (Fsp3) is 0.207. The Balaban J connectivity index is 1.43. The second-order valence-corrected chi connectivity index (χ2v) is 10.9. The molecular formula is C29H27IN2O5S. The van der Waals surface area contributed by atoms with Gasteiger partial charge in [0.1, 0.15) is 0 Å². The third-order valence-corrected chi connectivity index (χ3v) is 7.47. The van der Waals surface area contributed by atoms with E-state index in [-0.39, 0.29) is 30.2 Å². The van der Waals surface area contributed by atoms with E-state index in [0.717, 1.165) is 32.0 Å². The SMILES string of the molecule is CCOc1cc(/C=C2/SC(=O)N(Cc3ccc(I)cc3)C2=O)ccc1OCC(=O)Nc1ccc(C)c(C)c1. The van der Waals surface area contributed by atoms with E-state index in [1.54, 1.807) is 24.3 Å². The molecule has 1 N–H and O–H groups in total. The third kappa shape index (κ3) is 6.96. The van der Waals surface area contributed by atoms with Gasteiger partial charge in [-0.3, -0.25) is 19.3 Å². The van der Waals surface area contributed by atoms with Crippen molar-refractivity contribution in [2.24, 2.45) is 0 Å². The van der Waals surface area contributed by atoms with E-state index in [0.29, 0.717) is 34.3 Å². The molecule has 1 aliphatic heterocycles. The Bertz CT molecular complexity index is 1400. The largest absolute Gasteiger partial charge is 0.490 e. The number of imide groups is 1. The van der Waals surface area contributed by atoms with Crippen LogP contribution in [0.15, 0.2) is 65.6 Å². The van der Waals surface area contributed by atoms with Gasteiger partial charge >= 0.3 is 0 Å². The van der Waals surface area contributed by atoms with Crippen LogP contribution in [0.25, 0.3) is 6.08 Å². The molecule has 0 atom stereocenters. The van der Waals surface area contributed by atoms with E-state index in [2.05, 4.69) is 27.9 Å². The molecule has 0 bridgehead atoms. The second-order valence-electron chi connectivity index (χ2n) is 8.67. The number of nitrogens with zero attached hydrogens (tertiary/aromatic N) is 1. The van der Waals surface area contributed by atoms with Crippen molar-refractivity contribution in [3.05, 3.63) is 91.4 Å². The average molecular weight is 643 g/mol. The number of aryl methyl sites for hydroxylation is 2. The lowest BCUT2D eigenvalue weighted by Crippen LogP contribution is -2.27. The molecule has 1 aliphatic rings. The molecule has 9 heteroatoms. The van der Waals surface area contributed by atoms with Gasteiger partial charge in [-0.15, -0.1) is 0 Å². The lowest BCUT2D eigenvalue weighted by atomic mass is 10.1. The molecule has 0 spiro atoms. The molecule has 1 fully saturated rings. The fourth-order valence-corrected chi connectivity index (χ4v) is 4.92. The van der Waals surface area contributed by atoms with Crippen LogP contribution in [0, 0.1) is 17.4 Å². The summed E-state index contributed by atoms with van der Waals surface area (Å²) in [6, 6.07) is 18.6. The summed E-state index contributed by atoms with van der Waals surface area (Å²) in [5, 5.41) is 2.53. The first-order valence-corrected chi connectivity index (χ1v) is 13.9. The Morgan fingerprint density at radius 2 is 1.74 bits per heavy atom. The number of carbonyl (C=O) groups excluding carboxylic acids is 3. The molecular weight excluding hydrogens is 615 g/mol. The van der Waals surface area contributed by atoms with Crippen LogP contribution in [0.1, 0.15) is 29.2 Å².